The molecule has 0 saturated heterocycles. The summed E-state index contributed by atoms with van der Waals surface area (Å²) in [4.78, 5) is 0. The molecule has 3 heteroatoms. The zero-order valence-corrected chi connectivity index (χ0v) is 11.3. The van der Waals surface area contributed by atoms with Gasteiger partial charge >= 0.3 is 0 Å². The average molecular weight is 267 g/mol. The van der Waals surface area contributed by atoms with Crippen LogP contribution in [-0.4, -0.2) is 19.8 Å². The van der Waals surface area contributed by atoms with Crippen LogP contribution in [0.15, 0.2) is 54.6 Å². The number of nitrogens with zero attached hydrogens (tertiary/aromatic N) is 1. The van der Waals surface area contributed by atoms with Crippen LogP contribution >= 0.6 is 0 Å². The van der Waals surface area contributed by atoms with Crippen molar-refractivity contribution in [3.63, 3.8) is 0 Å². The molecule has 20 heavy (non-hydrogen) atoms. The first-order chi connectivity index (χ1) is 9.88. The Morgan fingerprint density at radius 1 is 0.900 bits per heavy atom. The third kappa shape index (κ3) is 4.75. The zero-order valence-electron chi connectivity index (χ0n) is 11.3. The first kappa shape index (κ1) is 14.1. The van der Waals surface area contributed by atoms with Crippen molar-refractivity contribution >= 4 is 0 Å². The van der Waals surface area contributed by atoms with Gasteiger partial charge in [0.1, 0.15) is 12.4 Å². The predicted octanol–water partition coefficient (Wildman–Crippen LogP) is 3.20. The van der Waals surface area contributed by atoms with Crippen LogP contribution < -0.4 is 4.74 Å². The van der Waals surface area contributed by atoms with E-state index in [1.165, 1.54) is 5.56 Å². The first-order valence-electron chi connectivity index (χ1n) is 6.63. The smallest absolute Gasteiger partial charge is 0.120 e. The van der Waals surface area contributed by atoms with Crippen molar-refractivity contribution in [1.29, 1.82) is 5.26 Å². The SMILES string of the molecule is N#Cc1cccc(OCCOCCc2ccccc2)c1. The number of benzene rings is 2. The molecule has 2 aromatic rings. The fourth-order valence-electron chi connectivity index (χ4n) is 1.81. The van der Waals surface area contributed by atoms with Crippen LogP contribution in [0.3, 0.4) is 0 Å². The summed E-state index contributed by atoms with van der Waals surface area (Å²) in [5.74, 6) is 0.704. The highest BCUT2D eigenvalue weighted by Gasteiger charge is 1.96. The van der Waals surface area contributed by atoms with Gasteiger partial charge in [-0.3, -0.25) is 0 Å². The summed E-state index contributed by atoms with van der Waals surface area (Å²) in [7, 11) is 0. The number of hydrogen-bond acceptors (Lipinski definition) is 3. The van der Waals surface area contributed by atoms with Gasteiger partial charge in [0, 0.05) is 0 Å². The molecule has 0 N–H and O–H groups in total. The summed E-state index contributed by atoms with van der Waals surface area (Å²) in [6.45, 7) is 1.72. The highest BCUT2D eigenvalue weighted by Crippen LogP contribution is 2.12. The molecule has 0 aliphatic rings. The third-order valence-electron chi connectivity index (χ3n) is 2.84. The van der Waals surface area contributed by atoms with Gasteiger partial charge in [-0.25, -0.2) is 0 Å². The minimum Gasteiger partial charge on any atom is -0.491 e. The van der Waals surface area contributed by atoms with Gasteiger partial charge in [0.05, 0.1) is 24.8 Å². The fraction of sp³-hybridized carbons (Fsp3) is 0.235. The van der Waals surface area contributed by atoms with Crippen LogP contribution in [0.5, 0.6) is 5.75 Å². The van der Waals surface area contributed by atoms with Crippen molar-refractivity contribution in [1.82, 2.24) is 0 Å². The number of hydrogen-bond donors (Lipinski definition) is 0. The summed E-state index contributed by atoms with van der Waals surface area (Å²) >= 11 is 0. The van der Waals surface area contributed by atoms with E-state index in [-0.39, 0.29) is 0 Å². The second kappa shape index (κ2) is 7.98. The van der Waals surface area contributed by atoms with Crippen molar-refractivity contribution in [2.24, 2.45) is 0 Å². The van der Waals surface area contributed by atoms with Crippen LogP contribution in [0.25, 0.3) is 0 Å². The molecular weight excluding hydrogens is 250 g/mol. The summed E-state index contributed by atoms with van der Waals surface area (Å²) in [5.41, 5.74) is 1.88. The molecule has 2 aromatic carbocycles. The molecule has 0 amide bonds. The van der Waals surface area contributed by atoms with E-state index in [0.717, 1.165) is 6.42 Å². The maximum absolute atomic E-state index is 8.78. The number of ether oxygens (including phenoxy) is 2. The monoisotopic (exact) mass is 267 g/mol. The van der Waals surface area contributed by atoms with Crippen LogP contribution in [-0.2, 0) is 11.2 Å². The van der Waals surface area contributed by atoms with Gasteiger partial charge in [0.25, 0.3) is 0 Å². The molecule has 0 heterocycles. The Balaban J connectivity index is 1.61. The van der Waals surface area contributed by atoms with Gasteiger partial charge in [0.2, 0.25) is 0 Å². The number of nitriles is 1. The van der Waals surface area contributed by atoms with Gasteiger partial charge in [-0.2, -0.15) is 5.26 Å². The summed E-state index contributed by atoms with van der Waals surface area (Å²) < 4.78 is 11.1. The Morgan fingerprint density at radius 2 is 1.75 bits per heavy atom. The molecule has 3 nitrogen and oxygen atoms in total. The van der Waals surface area contributed by atoms with E-state index in [1.54, 1.807) is 12.1 Å². The van der Waals surface area contributed by atoms with E-state index in [9.17, 15) is 0 Å². The molecule has 0 unspecified atom stereocenters. The second-order valence-corrected chi connectivity index (χ2v) is 4.34. The molecule has 2 rings (SSSR count). The highest BCUT2D eigenvalue weighted by atomic mass is 16.5. The van der Waals surface area contributed by atoms with Crippen LogP contribution in [0, 0.1) is 11.3 Å². The molecule has 102 valence electrons. The van der Waals surface area contributed by atoms with Crippen molar-refractivity contribution in [3.05, 3.63) is 65.7 Å². The summed E-state index contributed by atoms with van der Waals surface area (Å²) in [5, 5.41) is 8.78. The Kier molecular flexibility index (Phi) is 5.63. The zero-order chi connectivity index (χ0) is 14.0. The first-order valence-corrected chi connectivity index (χ1v) is 6.63. The van der Waals surface area contributed by atoms with Gasteiger partial charge in [-0.1, -0.05) is 36.4 Å². The topological polar surface area (TPSA) is 42.2 Å². The lowest BCUT2D eigenvalue weighted by molar-refractivity contribution is 0.102. The van der Waals surface area contributed by atoms with Crippen molar-refractivity contribution in [2.45, 2.75) is 6.42 Å². The maximum Gasteiger partial charge on any atom is 0.120 e. The van der Waals surface area contributed by atoms with E-state index in [0.29, 0.717) is 31.1 Å². The van der Waals surface area contributed by atoms with E-state index in [2.05, 4.69) is 18.2 Å². The van der Waals surface area contributed by atoms with E-state index < -0.39 is 0 Å². The lowest BCUT2D eigenvalue weighted by Gasteiger charge is -2.07. The van der Waals surface area contributed by atoms with E-state index in [1.807, 2.05) is 30.3 Å². The number of rotatable bonds is 7. The lowest BCUT2D eigenvalue weighted by Crippen LogP contribution is -2.08. The molecule has 0 spiro atoms. The molecule has 0 aliphatic carbocycles. The van der Waals surface area contributed by atoms with Crippen molar-refractivity contribution in [3.8, 4) is 11.8 Å². The second-order valence-electron chi connectivity index (χ2n) is 4.34. The minimum absolute atomic E-state index is 0.490. The predicted molar refractivity (Wildman–Crippen MR) is 77.6 cm³/mol. The fourth-order valence-corrected chi connectivity index (χ4v) is 1.81. The molecule has 0 radical (unpaired) electrons. The molecular formula is C17H17NO2. The Hall–Kier alpha value is -2.31. The van der Waals surface area contributed by atoms with Gasteiger partial charge in [0.15, 0.2) is 0 Å². The summed E-state index contributed by atoms with van der Waals surface area (Å²) in [6, 6.07) is 19.5. The van der Waals surface area contributed by atoms with E-state index >= 15 is 0 Å². The largest absolute Gasteiger partial charge is 0.491 e. The van der Waals surface area contributed by atoms with E-state index in [4.69, 9.17) is 14.7 Å². The molecule has 0 fully saturated rings. The highest BCUT2D eigenvalue weighted by molar-refractivity contribution is 5.36. The normalized spacial score (nSPS) is 9.95. The third-order valence-corrected chi connectivity index (χ3v) is 2.84. The van der Waals surface area contributed by atoms with Crippen LogP contribution in [0.1, 0.15) is 11.1 Å². The average Bonchev–Trinajstić information content (AvgIpc) is 2.52. The van der Waals surface area contributed by atoms with Crippen LogP contribution in [0.4, 0.5) is 0 Å². The molecule has 0 aliphatic heterocycles. The van der Waals surface area contributed by atoms with Gasteiger partial charge in [-0.05, 0) is 30.2 Å². The van der Waals surface area contributed by atoms with Gasteiger partial charge < -0.3 is 9.47 Å². The molecule has 0 bridgehead atoms. The molecule has 0 atom stereocenters. The summed E-state index contributed by atoms with van der Waals surface area (Å²) in [6.07, 6.45) is 0.907. The lowest BCUT2D eigenvalue weighted by atomic mass is 10.2. The van der Waals surface area contributed by atoms with Crippen LogP contribution in [0.2, 0.25) is 0 Å². The molecule has 0 aromatic heterocycles. The van der Waals surface area contributed by atoms with Crippen molar-refractivity contribution in [2.75, 3.05) is 19.8 Å². The Morgan fingerprint density at radius 3 is 2.55 bits per heavy atom. The maximum atomic E-state index is 8.78. The quantitative estimate of drug-likeness (QED) is 0.723. The Bertz CT molecular complexity index is 561. The van der Waals surface area contributed by atoms with Crippen molar-refractivity contribution < 1.29 is 9.47 Å². The van der Waals surface area contributed by atoms with Gasteiger partial charge in [-0.15, -0.1) is 0 Å². The molecule has 0 saturated carbocycles. The minimum atomic E-state index is 0.490. The Labute approximate surface area is 119 Å². The standard InChI is InChI=1S/C17H17NO2/c18-14-16-7-4-8-17(13-16)20-12-11-19-10-9-15-5-2-1-3-6-15/h1-8,13H,9-12H2.